The SMILES string of the molecule is CC(C)(Cc1cccc2nc(C#Cc3ccccn3)ccc12)C(=O)O. The lowest BCUT2D eigenvalue weighted by Gasteiger charge is -2.20. The highest BCUT2D eigenvalue weighted by atomic mass is 16.4. The van der Waals surface area contributed by atoms with Crippen molar-refractivity contribution in [1.29, 1.82) is 0 Å². The van der Waals surface area contributed by atoms with Crippen molar-refractivity contribution in [2.75, 3.05) is 0 Å². The highest BCUT2D eigenvalue weighted by Gasteiger charge is 2.28. The Kier molecular flexibility index (Phi) is 4.49. The van der Waals surface area contributed by atoms with Crippen LogP contribution < -0.4 is 0 Å². The first-order valence-corrected chi connectivity index (χ1v) is 8.01. The Bertz CT molecular complexity index is 983. The first-order chi connectivity index (χ1) is 12.0. The van der Waals surface area contributed by atoms with Crippen molar-refractivity contribution in [2.24, 2.45) is 5.41 Å². The zero-order valence-electron chi connectivity index (χ0n) is 14.2. The van der Waals surface area contributed by atoms with Crippen LogP contribution in [0, 0.1) is 17.3 Å². The van der Waals surface area contributed by atoms with Gasteiger partial charge in [0.05, 0.1) is 10.9 Å². The van der Waals surface area contributed by atoms with Gasteiger partial charge in [0.2, 0.25) is 0 Å². The fourth-order valence-electron chi connectivity index (χ4n) is 2.56. The van der Waals surface area contributed by atoms with Crippen molar-refractivity contribution >= 4 is 16.9 Å². The number of hydrogen-bond donors (Lipinski definition) is 1. The number of carbonyl (C=O) groups is 1. The molecule has 1 N–H and O–H groups in total. The van der Waals surface area contributed by atoms with Crippen LogP contribution in [0.1, 0.15) is 30.8 Å². The summed E-state index contributed by atoms with van der Waals surface area (Å²) in [5.41, 5.74) is 2.31. The standard InChI is InChI=1S/C21H18N2O2/c1-21(2,20(24)25)14-15-6-5-8-19-18(15)12-11-17(23-19)10-9-16-7-3-4-13-22-16/h3-8,11-13H,14H2,1-2H3,(H,24,25). The normalized spacial score (nSPS) is 11.0. The molecule has 0 aliphatic carbocycles. The van der Waals surface area contributed by atoms with E-state index < -0.39 is 11.4 Å². The molecule has 0 aliphatic heterocycles. The van der Waals surface area contributed by atoms with E-state index in [9.17, 15) is 9.90 Å². The van der Waals surface area contributed by atoms with E-state index in [1.165, 1.54) is 0 Å². The molecule has 4 nitrogen and oxygen atoms in total. The molecule has 0 unspecified atom stereocenters. The lowest BCUT2D eigenvalue weighted by molar-refractivity contribution is -0.146. The highest BCUT2D eigenvalue weighted by Crippen LogP contribution is 2.27. The summed E-state index contributed by atoms with van der Waals surface area (Å²) in [6.07, 6.45) is 2.15. The second-order valence-electron chi connectivity index (χ2n) is 6.51. The van der Waals surface area contributed by atoms with Crippen molar-refractivity contribution in [1.82, 2.24) is 9.97 Å². The molecule has 0 amide bonds. The third-order valence-corrected chi connectivity index (χ3v) is 4.02. The van der Waals surface area contributed by atoms with Gasteiger partial charge in [-0.05, 0) is 68.0 Å². The minimum absolute atomic E-state index is 0.445. The Balaban J connectivity index is 1.95. The Morgan fingerprint density at radius 3 is 2.56 bits per heavy atom. The van der Waals surface area contributed by atoms with E-state index in [1.54, 1.807) is 20.0 Å². The van der Waals surface area contributed by atoms with Crippen molar-refractivity contribution in [3.63, 3.8) is 0 Å². The predicted octanol–water partition coefficient (Wildman–Crippen LogP) is 3.68. The van der Waals surface area contributed by atoms with Crippen LogP contribution in [0.25, 0.3) is 10.9 Å². The third-order valence-electron chi connectivity index (χ3n) is 4.02. The van der Waals surface area contributed by atoms with Gasteiger partial charge in [-0.25, -0.2) is 9.97 Å². The molecule has 2 heterocycles. The number of rotatable bonds is 3. The number of carboxylic acids is 1. The molecule has 2 aromatic heterocycles. The lowest BCUT2D eigenvalue weighted by Crippen LogP contribution is -2.26. The fourth-order valence-corrected chi connectivity index (χ4v) is 2.56. The number of hydrogen-bond acceptors (Lipinski definition) is 3. The molecular weight excluding hydrogens is 312 g/mol. The first kappa shape index (κ1) is 16.7. The highest BCUT2D eigenvalue weighted by molar-refractivity contribution is 5.84. The maximum absolute atomic E-state index is 11.4. The van der Waals surface area contributed by atoms with Crippen LogP contribution >= 0.6 is 0 Å². The summed E-state index contributed by atoms with van der Waals surface area (Å²) in [5.74, 6) is 5.20. The number of aromatic nitrogens is 2. The van der Waals surface area contributed by atoms with Crippen LogP contribution in [0.15, 0.2) is 54.7 Å². The van der Waals surface area contributed by atoms with Crippen molar-refractivity contribution in [3.8, 4) is 11.8 Å². The Labute approximate surface area is 146 Å². The first-order valence-electron chi connectivity index (χ1n) is 8.01. The molecule has 0 radical (unpaired) electrons. The summed E-state index contributed by atoms with van der Waals surface area (Å²) in [6, 6.07) is 15.2. The molecule has 0 fully saturated rings. The maximum Gasteiger partial charge on any atom is 0.309 e. The second kappa shape index (κ2) is 6.74. The largest absolute Gasteiger partial charge is 0.481 e. The third kappa shape index (κ3) is 3.84. The number of pyridine rings is 2. The predicted molar refractivity (Wildman–Crippen MR) is 97.1 cm³/mol. The number of benzene rings is 1. The minimum atomic E-state index is -0.828. The topological polar surface area (TPSA) is 63.1 Å². The molecule has 3 rings (SSSR count). The summed E-state index contributed by atoms with van der Waals surface area (Å²) in [4.78, 5) is 20.1. The van der Waals surface area contributed by atoms with E-state index in [0.717, 1.165) is 16.5 Å². The van der Waals surface area contributed by atoms with E-state index in [4.69, 9.17) is 0 Å². The van der Waals surface area contributed by atoms with E-state index in [-0.39, 0.29) is 0 Å². The number of carboxylic acid groups (broad SMARTS) is 1. The van der Waals surface area contributed by atoms with Crippen LogP contribution in [-0.4, -0.2) is 21.0 Å². The Hall–Kier alpha value is -3.19. The van der Waals surface area contributed by atoms with Crippen LogP contribution in [0.5, 0.6) is 0 Å². The average molecular weight is 330 g/mol. The molecule has 124 valence electrons. The average Bonchev–Trinajstić information content (AvgIpc) is 2.60. The summed E-state index contributed by atoms with van der Waals surface area (Å²) in [7, 11) is 0. The zero-order valence-corrected chi connectivity index (χ0v) is 14.2. The van der Waals surface area contributed by atoms with E-state index in [1.807, 2.05) is 48.5 Å². The van der Waals surface area contributed by atoms with Crippen LogP contribution in [-0.2, 0) is 11.2 Å². The van der Waals surface area contributed by atoms with E-state index in [2.05, 4.69) is 21.8 Å². The maximum atomic E-state index is 11.4. The minimum Gasteiger partial charge on any atom is -0.481 e. The van der Waals surface area contributed by atoms with E-state index >= 15 is 0 Å². The Morgan fingerprint density at radius 1 is 1.04 bits per heavy atom. The molecule has 25 heavy (non-hydrogen) atoms. The molecule has 0 bridgehead atoms. The summed E-state index contributed by atoms with van der Waals surface area (Å²) in [5, 5.41) is 10.3. The van der Waals surface area contributed by atoms with Crippen LogP contribution in [0.4, 0.5) is 0 Å². The zero-order chi connectivity index (χ0) is 17.9. The van der Waals surface area contributed by atoms with Gasteiger partial charge in [0, 0.05) is 11.6 Å². The van der Waals surface area contributed by atoms with Gasteiger partial charge < -0.3 is 5.11 Å². The van der Waals surface area contributed by atoms with Crippen LogP contribution in [0.3, 0.4) is 0 Å². The molecule has 0 saturated carbocycles. The summed E-state index contributed by atoms with van der Waals surface area (Å²) in [6.45, 7) is 3.46. The van der Waals surface area contributed by atoms with Gasteiger partial charge >= 0.3 is 5.97 Å². The molecule has 0 saturated heterocycles. The molecular formula is C21H18N2O2. The smallest absolute Gasteiger partial charge is 0.309 e. The molecule has 1 aromatic carbocycles. The number of aliphatic carboxylic acids is 1. The van der Waals surface area contributed by atoms with Gasteiger partial charge in [0.25, 0.3) is 0 Å². The molecule has 3 aromatic rings. The van der Waals surface area contributed by atoms with Crippen LogP contribution in [0.2, 0.25) is 0 Å². The number of nitrogens with zero attached hydrogens (tertiary/aromatic N) is 2. The lowest BCUT2D eigenvalue weighted by atomic mass is 9.84. The Morgan fingerprint density at radius 2 is 1.84 bits per heavy atom. The van der Waals surface area contributed by atoms with Gasteiger partial charge in [-0.1, -0.05) is 18.2 Å². The summed E-state index contributed by atoms with van der Waals surface area (Å²) >= 11 is 0. The van der Waals surface area contributed by atoms with Crippen molar-refractivity contribution in [2.45, 2.75) is 20.3 Å². The van der Waals surface area contributed by atoms with Crippen molar-refractivity contribution < 1.29 is 9.90 Å². The fraction of sp³-hybridized carbons (Fsp3) is 0.190. The quantitative estimate of drug-likeness (QED) is 0.744. The van der Waals surface area contributed by atoms with Gasteiger partial charge in [0.1, 0.15) is 11.4 Å². The van der Waals surface area contributed by atoms with E-state index in [0.29, 0.717) is 17.8 Å². The number of fused-ring (bicyclic) bond motifs is 1. The molecule has 0 aliphatic rings. The molecule has 4 heteroatoms. The van der Waals surface area contributed by atoms with Gasteiger partial charge in [0.15, 0.2) is 0 Å². The molecule has 0 spiro atoms. The molecule has 0 atom stereocenters. The summed E-state index contributed by atoms with van der Waals surface area (Å²) < 4.78 is 0. The second-order valence-corrected chi connectivity index (χ2v) is 6.51. The monoisotopic (exact) mass is 330 g/mol. The van der Waals surface area contributed by atoms with Gasteiger partial charge in [-0.2, -0.15) is 0 Å². The van der Waals surface area contributed by atoms with Crippen molar-refractivity contribution in [3.05, 3.63) is 71.7 Å². The van der Waals surface area contributed by atoms with Gasteiger partial charge in [-0.3, -0.25) is 4.79 Å². The van der Waals surface area contributed by atoms with Gasteiger partial charge in [-0.15, -0.1) is 0 Å².